The predicted octanol–water partition coefficient (Wildman–Crippen LogP) is 3.16. The summed E-state index contributed by atoms with van der Waals surface area (Å²) in [6.45, 7) is 6.61. The van der Waals surface area contributed by atoms with Crippen molar-refractivity contribution < 1.29 is 8.42 Å². The van der Waals surface area contributed by atoms with Crippen molar-refractivity contribution in [3.63, 3.8) is 0 Å². The summed E-state index contributed by atoms with van der Waals surface area (Å²) in [5.74, 6) is 0.249. The fraction of sp³-hybridized carbons (Fsp3) is 0.545. The van der Waals surface area contributed by atoms with E-state index < -0.39 is 10.0 Å². The third kappa shape index (κ3) is 3.66. The molecule has 0 aromatic carbocycles. The molecule has 0 saturated carbocycles. The number of halogens is 2. The first-order chi connectivity index (χ1) is 8.28. The number of pyridine rings is 1. The molecule has 0 unspecified atom stereocenters. The highest BCUT2D eigenvalue weighted by Crippen LogP contribution is 2.26. The number of hydrogen-bond donors (Lipinski definition) is 0. The van der Waals surface area contributed by atoms with Gasteiger partial charge in [-0.15, -0.1) is 0 Å². The lowest BCUT2D eigenvalue weighted by atomic mass is 10.2. The van der Waals surface area contributed by atoms with Gasteiger partial charge in [0.15, 0.2) is 0 Å². The van der Waals surface area contributed by atoms with E-state index in [1.54, 1.807) is 6.92 Å². The van der Waals surface area contributed by atoms with Crippen LogP contribution < -0.4 is 0 Å². The molecule has 0 radical (unpaired) electrons. The Morgan fingerprint density at radius 1 is 1.50 bits per heavy atom. The zero-order valence-electron chi connectivity index (χ0n) is 10.5. The van der Waals surface area contributed by atoms with E-state index in [1.807, 2.05) is 13.8 Å². The van der Waals surface area contributed by atoms with E-state index in [0.717, 1.165) is 0 Å². The van der Waals surface area contributed by atoms with Crippen molar-refractivity contribution in [1.82, 2.24) is 9.29 Å². The molecule has 1 rings (SSSR count). The molecule has 0 atom stereocenters. The van der Waals surface area contributed by atoms with Crippen LogP contribution in [0.3, 0.4) is 0 Å². The highest BCUT2D eigenvalue weighted by atomic mass is 79.9. The Bertz CT molecular complexity index is 520. The Kier molecular flexibility index (Phi) is 5.58. The maximum absolute atomic E-state index is 12.5. The van der Waals surface area contributed by atoms with E-state index in [9.17, 15) is 8.42 Å². The van der Waals surface area contributed by atoms with Gasteiger partial charge in [0.1, 0.15) is 10.0 Å². The van der Waals surface area contributed by atoms with Crippen LogP contribution in [0.1, 0.15) is 20.8 Å². The molecule has 1 heterocycles. The van der Waals surface area contributed by atoms with E-state index in [-0.39, 0.29) is 16.0 Å². The molecule has 0 aliphatic carbocycles. The van der Waals surface area contributed by atoms with Gasteiger partial charge in [-0.1, -0.05) is 32.4 Å². The molecule has 1 aromatic rings. The van der Waals surface area contributed by atoms with Crippen LogP contribution in [0.5, 0.6) is 0 Å². The van der Waals surface area contributed by atoms with E-state index in [0.29, 0.717) is 17.6 Å². The summed E-state index contributed by atoms with van der Waals surface area (Å²) < 4.78 is 26.9. The normalized spacial score (nSPS) is 12.4. The Labute approximate surface area is 122 Å². The van der Waals surface area contributed by atoms with Crippen molar-refractivity contribution in [3.05, 3.63) is 21.9 Å². The molecule has 7 heteroatoms. The summed E-state index contributed by atoms with van der Waals surface area (Å²) >= 11 is 9.09. The van der Waals surface area contributed by atoms with Crippen LogP contribution >= 0.6 is 27.5 Å². The highest BCUT2D eigenvalue weighted by Gasteiger charge is 2.26. The van der Waals surface area contributed by atoms with E-state index in [1.165, 1.54) is 16.6 Å². The maximum Gasteiger partial charge on any atom is 0.246 e. The molecular formula is C11H16BrClN2O2S. The first-order valence-electron chi connectivity index (χ1n) is 5.60. The van der Waals surface area contributed by atoms with Crippen LogP contribution in [0, 0.1) is 5.92 Å². The topological polar surface area (TPSA) is 50.3 Å². The fourth-order valence-electron chi connectivity index (χ4n) is 1.53. The lowest BCUT2D eigenvalue weighted by Crippen LogP contribution is -2.34. The molecule has 0 saturated heterocycles. The van der Waals surface area contributed by atoms with Gasteiger partial charge in [0, 0.05) is 23.8 Å². The van der Waals surface area contributed by atoms with Crippen LogP contribution in [0.2, 0.25) is 5.15 Å². The molecule has 0 N–H and O–H groups in total. The second-order valence-electron chi connectivity index (χ2n) is 4.29. The van der Waals surface area contributed by atoms with Crippen LogP contribution in [0.25, 0.3) is 0 Å². The molecule has 0 fully saturated rings. The zero-order valence-corrected chi connectivity index (χ0v) is 13.7. The third-order valence-electron chi connectivity index (χ3n) is 2.31. The van der Waals surface area contributed by atoms with Crippen LogP contribution in [-0.4, -0.2) is 30.8 Å². The Morgan fingerprint density at radius 2 is 2.11 bits per heavy atom. The van der Waals surface area contributed by atoms with E-state index in [2.05, 4.69) is 20.9 Å². The van der Waals surface area contributed by atoms with E-state index in [4.69, 9.17) is 11.6 Å². The van der Waals surface area contributed by atoms with Crippen LogP contribution in [0.4, 0.5) is 0 Å². The van der Waals surface area contributed by atoms with E-state index >= 15 is 0 Å². The molecule has 0 spiro atoms. The SMILES string of the molecule is CCN(CC(C)C)S(=O)(=O)c1cc(Br)cnc1Cl. The average molecular weight is 356 g/mol. The number of nitrogens with zero attached hydrogens (tertiary/aromatic N) is 2. The Balaban J connectivity index is 3.22. The van der Waals surface area contributed by atoms with Crippen molar-refractivity contribution in [3.8, 4) is 0 Å². The van der Waals surface area contributed by atoms with Crippen molar-refractivity contribution in [2.24, 2.45) is 5.92 Å². The maximum atomic E-state index is 12.5. The molecule has 0 aliphatic rings. The molecule has 0 bridgehead atoms. The Morgan fingerprint density at radius 3 is 2.61 bits per heavy atom. The van der Waals surface area contributed by atoms with Gasteiger partial charge in [-0.25, -0.2) is 13.4 Å². The van der Waals surface area contributed by atoms with Gasteiger partial charge in [-0.2, -0.15) is 4.31 Å². The smallest absolute Gasteiger partial charge is 0.242 e. The average Bonchev–Trinajstić information content (AvgIpc) is 2.28. The number of rotatable bonds is 5. The zero-order chi connectivity index (χ0) is 13.9. The number of sulfonamides is 1. The summed E-state index contributed by atoms with van der Waals surface area (Å²) in [6.07, 6.45) is 1.47. The highest BCUT2D eigenvalue weighted by molar-refractivity contribution is 9.10. The van der Waals surface area contributed by atoms with Gasteiger partial charge in [0.25, 0.3) is 0 Å². The predicted molar refractivity (Wildman–Crippen MR) is 76.2 cm³/mol. The van der Waals surface area contributed by atoms with Gasteiger partial charge in [0.05, 0.1) is 0 Å². The summed E-state index contributed by atoms with van der Waals surface area (Å²) in [4.78, 5) is 3.90. The minimum atomic E-state index is -3.59. The van der Waals surface area contributed by atoms with Crippen LogP contribution in [-0.2, 0) is 10.0 Å². The minimum absolute atomic E-state index is 0.000376. The summed E-state index contributed by atoms with van der Waals surface area (Å²) in [6, 6.07) is 1.48. The molecular weight excluding hydrogens is 340 g/mol. The monoisotopic (exact) mass is 354 g/mol. The molecule has 0 aliphatic heterocycles. The second kappa shape index (κ2) is 6.32. The van der Waals surface area contributed by atoms with Crippen molar-refractivity contribution in [1.29, 1.82) is 0 Å². The van der Waals surface area contributed by atoms with Gasteiger partial charge >= 0.3 is 0 Å². The van der Waals surface area contributed by atoms with Gasteiger partial charge in [-0.3, -0.25) is 0 Å². The quantitative estimate of drug-likeness (QED) is 0.762. The van der Waals surface area contributed by atoms with Crippen molar-refractivity contribution in [2.45, 2.75) is 25.7 Å². The van der Waals surface area contributed by atoms with Crippen molar-refractivity contribution in [2.75, 3.05) is 13.1 Å². The Hall–Kier alpha value is -0.170. The first kappa shape index (κ1) is 15.9. The standard InChI is InChI=1S/C11H16BrClN2O2S/c1-4-15(7-8(2)3)18(16,17)10-5-9(12)6-14-11(10)13/h5-6,8H,4,7H2,1-3H3. The van der Waals surface area contributed by atoms with Crippen molar-refractivity contribution >= 4 is 37.6 Å². The summed E-state index contributed by atoms with van der Waals surface area (Å²) in [7, 11) is -3.59. The van der Waals surface area contributed by atoms with Gasteiger partial charge in [-0.05, 0) is 27.9 Å². The minimum Gasteiger partial charge on any atom is -0.242 e. The third-order valence-corrected chi connectivity index (χ3v) is 5.11. The van der Waals surface area contributed by atoms with Gasteiger partial charge in [0.2, 0.25) is 10.0 Å². The molecule has 0 amide bonds. The molecule has 1 aromatic heterocycles. The molecule has 18 heavy (non-hydrogen) atoms. The lowest BCUT2D eigenvalue weighted by molar-refractivity contribution is 0.381. The number of aromatic nitrogens is 1. The lowest BCUT2D eigenvalue weighted by Gasteiger charge is -2.22. The largest absolute Gasteiger partial charge is 0.246 e. The second-order valence-corrected chi connectivity index (χ2v) is 7.47. The molecule has 102 valence electrons. The summed E-state index contributed by atoms with van der Waals surface area (Å²) in [5, 5.41) is 0.000376. The first-order valence-corrected chi connectivity index (χ1v) is 8.21. The summed E-state index contributed by atoms with van der Waals surface area (Å²) in [5.41, 5.74) is 0. The number of hydrogen-bond acceptors (Lipinski definition) is 3. The van der Waals surface area contributed by atoms with Crippen LogP contribution in [0.15, 0.2) is 21.6 Å². The van der Waals surface area contributed by atoms with Gasteiger partial charge < -0.3 is 0 Å². The molecule has 4 nitrogen and oxygen atoms in total. The fourth-order valence-corrected chi connectivity index (χ4v) is 4.06.